The highest BCUT2D eigenvalue weighted by atomic mass is 33.1. The summed E-state index contributed by atoms with van der Waals surface area (Å²) in [6.07, 6.45) is -1.56. The Bertz CT molecular complexity index is 1790. The van der Waals surface area contributed by atoms with Crippen LogP contribution in [0, 0.1) is 11.8 Å². The number of nitrogens with one attached hydrogen (secondary N) is 6. The molecule has 0 unspecified atom stereocenters. The fourth-order valence-corrected chi connectivity index (χ4v) is 8.30. The Morgan fingerprint density at radius 3 is 1.06 bits per heavy atom. The van der Waals surface area contributed by atoms with E-state index in [9.17, 15) is 38.4 Å². The largest absolute Gasteiger partial charge is 0.467 e. The molecule has 0 fully saturated rings. The van der Waals surface area contributed by atoms with Gasteiger partial charge in [-0.3, -0.25) is 19.2 Å². The summed E-state index contributed by atoms with van der Waals surface area (Å²) >= 11 is 0. The Hall–Kier alpha value is -5.50. The number of methoxy groups -OCH3 is 2. The fraction of sp³-hybridized carbons (Fsp3) is 0.565. The van der Waals surface area contributed by atoms with E-state index in [2.05, 4.69) is 31.9 Å². The van der Waals surface area contributed by atoms with Crippen molar-refractivity contribution >= 4 is 69.3 Å². The minimum Gasteiger partial charge on any atom is -0.467 e. The minimum atomic E-state index is -1.29. The second kappa shape index (κ2) is 27.2. The number of rotatable bonds is 23. The molecule has 2 aromatic rings. The third-order valence-corrected chi connectivity index (χ3v) is 11.7. The molecule has 18 nitrogen and oxygen atoms in total. The van der Waals surface area contributed by atoms with E-state index < -0.39 is 107 Å². The molecule has 2 aromatic carbocycles. The summed E-state index contributed by atoms with van der Waals surface area (Å²) in [5.41, 5.74) is -0.306. The van der Waals surface area contributed by atoms with E-state index in [4.69, 9.17) is 18.9 Å². The maximum absolute atomic E-state index is 14.0. The van der Waals surface area contributed by atoms with Crippen LogP contribution in [0.5, 0.6) is 0 Å². The quantitative estimate of drug-likeness (QED) is 0.0395. The Morgan fingerprint density at radius 1 is 0.470 bits per heavy atom. The van der Waals surface area contributed by atoms with Gasteiger partial charge in [-0.15, -0.1) is 0 Å². The molecule has 0 spiro atoms. The summed E-state index contributed by atoms with van der Waals surface area (Å²) in [6.45, 7) is 16.7. The number of alkyl carbamates (subject to hydrolysis) is 2. The van der Waals surface area contributed by atoms with E-state index in [1.54, 1.807) is 118 Å². The van der Waals surface area contributed by atoms with E-state index in [0.717, 1.165) is 32.7 Å². The molecule has 0 radical (unpaired) electrons. The van der Waals surface area contributed by atoms with Crippen LogP contribution in [0.15, 0.2) is 60.7 Å². The summed E-state index contributed by atoms with van der Waals surface area (Å²) in [6, 6.07) is 11.0. The Labute approximate surface area is 396 Å². The Kier molecular flexibility index (Phi) is 23.4. The lowest BCUT2D eigenvalue weighted by molar-refractivity contribution is -0.146. The molecule has 2 rings (SSSR count). The third kappa shape index (κ3) is 21.2. The molecule has 0 heterocycles. The fourth-order valence-electron chi connectivity index (χ4n) is 5.97. The highest BCUT2D eigenvalue weighted by Gasteiger charge is 2.35. The van der Waals surface area contributed by atoms with Crippen molar-refractivity contribution in [2.75, 3.05) is 25.7 Å². The minimum absolute atomic E-state index is 0.116. The second-order valence-electron chi connectivity index (χ2n) is 18.0. The number of benzene rings is 2. The molecular formula is C46H68N6O12S2. The number of hydrogen-bond acceptors (Lipinski definition) is 14. The van der Waals surface area contributed by atoms with Crippen LogP contribution >= 0.6 is 21.6 Å². The van der Waals surface area contributed by atoms with Gasteiger partial charge in [-0.1, -0.05) is 110 Å². The SMILES string of the molecule is COC(=O)[C@H](Cc1ccccc1)NC(=O)[C@@H](NC(=O)[C@H](CSSC[C@H](NC(=O)OC(C)(C)C)C(=O)N[C@H](C(=O)N[C@@H](Cc1ccccc1)C(=O)OC)C(C)C)NC(=O)OC(C)(C)C)C(C)C. The standard InChI is InChI=1S/C46H68N6O12S2/c1-27(2)35(39(55)47-31(41(57)61-11)23-29-19-15-13-16-20-29)51-37(53)33(49-43(59)63-45(5,6)7)25-65-66-26-34(50-44(60)64-46(8,9)10)38(54)52-36(28(3)4)40(56)48-32(42(58)62-12)24-30-21-17-14-18-22-30/h13-22,27-28,31-36H,23-26H2,1-12H3,(H,47,55)(H,48,56)(H,49,59)(H,50,60)(H,51,53)(H,52,54)/t31-,32-,33-,34-,35-,36-/m0/s1. The van der Waals surface area contributed by atoms with Gasteiger partial charge in [0.05, 0.1) is 14.2 Å². The zero-order valence-corrected chi connectivity index (χ0v) is 41.6. The van der Waals surface area contributed by atoms with Gasteiger partial charge >= 0.3 is 24.1 Å². The predicted molar refractivity (Wildman–Crippen MR) is 253 cm³/mol. The van der Waals surface area contributed by atoms with Crippen molar-refractivity contribution in [3.8, 4) is 0 Å². The zero-order valence-electron chi connectivity index (χ0n) is 39.9. The van der Waals surface area contributed by atoms with Crippen molar-refractivity contribution in [2.45, 2.75) is 130 Å². The first kappa shape index (κ1) is 56.6. The first-order valence-electron chi connectivity index (χ1n) is 21.5. The molecule has 366 valence electrons. The van der Waals surface area contributed by atoms with Gasteiger partial charge in [-0.05, 0) is 64.5 Å². The monoisotopic (exact) mass is 960 g/mol. The summed E-state index contributed by atoms with van der Waals surface area (Å²) in [5.74, 6) is -5.34. The summed E-state index contributed by atoms with van der Waals surface area (Å²) in [7, 11) is 4.54. The van der Waals surface area contributed by atoms with Crippen molar-refractivity contribution in [2.24, 2.45) is 11.8 Å². The average Bonchev–Trinajstić information content (AvgIpc) is 3.23. The number of esters is 2. The van der Waals surface area contributed by atoms with Gasteiger partial charge in [0.15, 0.2) is 0 Å². The maximum Gasteiger partial charge on any atom is 0.408 e. The van der Waals surface area contributed by atoms with Crippen LogP contribution in [-0.4, -0.2) is 121 Å². The third-order valence-electron chi connectivity index (χ3n) is 9.23. The molecule has 0 aliphatic heterocycles. The number of hydrogen-bond donors (Lipinski definition) is 6. The molecule has 0 aliphatic carbocycles. The number of ether oxygens (including phenoxy) is 4. The van der Waals surface area contributed by atoms with Gasteiger partial charge in [0.2, 0.25) is 23.6 Å². The van der Waals surface area contributed by atoms with E-state index >= 15 is 0 Å². The first-order valence-corrected chi connectivity index (χ1v) is 24.0. The normalized spacial score (nSPS) is 14.2. The van der Waals surface area contributed by atoms with Crippen molar-refractivity contribution in [1.29, 1.82) is 0 Å². The van der Waals surface area contributed by atoms with Crippen LogP contribution in [0.4, 0.5) is 9.59 Å². The van der Waals surface area contributed by atoms with Crippen molar-refractivity contribution in [3.05, 3.63) is 71.8 Å². The number of carbonyl (C=O) groups is 8. The van der Waals surface area contributed by atoms with Crippen LogP contribution in [0.3, 0.4) is 0 Å². The Morgan fingerprint density at radius 2 is 0.788 bits per heavy atom. The molecule has 0 aromatic heterocycles. The van der Waals surface area contributed by atoms with Crippen LogP contribution in [-0.2, 0) is 60.6 Å². The summed E-state index contributed by atoms with van der Waals surface area (Å²) in [5, 5.41) is 15.9. The van der Waals surface area contributed by atoms with Crippen molar-refractivity contribution < 1.29 is 57.3 Å². The van der Waals surface area contributed by atoms with Crippen LogP contribution < -0.4 is 31.9 Å². The van der Waals surface area contributed by atoms with Crippen LogP contribution in [0.2, 0.25) is 0 Å². The molecule has 20 heteroatoms. The molecular weight excluding hydrogens is 893 g/mol. The van der Waals surface area contributed by atoms with Gasteiger partial charge in [-0.2, -0.15) is 0 Å². The molecule has 6 atom stereocenters. The number of amides is 6. The molecule has 0 saturated heterocycles. The molecule has 0 aliphatic rings. The van der Waals surface area contributed by atoms with Gasteiger partial charge in [0.1, 0.15) is 47.5 Å². The van der Waals surface area contributed by atoms with Gasteiger partial charge < -0.3 is 50.8 Å². The van der Waals surface area contributed by atoms with Crippen LogP contribution in [0.1, 0.15) is 80.4 Å². The molecule has 6 N–H and O–H groups in total. The van der Waals surface area contributed by atoms with Crippen molar-refractivity contribution in [1.82, 2.24) is 31.9 Å². The van der Waals surface area contributed by atoms with Crippen molar-refractivity contribution in [3.63, 3.8) is 0 Å². The van der Waals surface area contributed by atoms with E-state index in [-0.39, 0.29) is 24.3 Å². The van der Waals surface area contributed by atoms with Gasteiger partial charge in [0, 0.05) is 24.3 Å². The zero-order chi connectivity index (χ0) is 49.8. The summed E-state index contributed by atoms with van der Waals surface area (Å²) < 4.78 is 20.7. The maximum atomic E-state index is 14.0. The second-order valence-corrected chi connectivity index (χ2v) is 20.5. The highest BCUT2D eigenvalue weighted by molar-refractivity contribution is 8.76. The lowest BCUT2D eigenvalue weighted by atomic mass is 10.0. The lowest BCUT2D eigenvalue weighted by Gasteiger charge is -2.28. The smallest absolute Gasteiger partial charge is 0.408 e. The molecule has 6 amide bonds. The Balaban J connectivity index is 2.31. The molecule has 0 saturated carbocycles. The highest BCUT2D eigenvalue weighted by Crippen LogP contribution is 2.24. The van der Waals surface area contributed by atoms with Crippen LogP contribution in [0.25, 0.3) is 0 Å². The van der Waals surface area contributed by atoms with Gasteiger partial charge in [0.25, 0.3) is 0 Å². The predicted octanol–water partition coefficient (Wildman–Crippen LogP) is 4.24. The topological polar surface area (TPSA) is 246 Å². The van der Waals surface area contributed by atoms with E-state index in [1.165, 1.54) is 14.2 Å². The van der Waals surface area contributed by atoms with E-state index in [1.807, 2.05) is 12.1 Å². The summed E-state index contributed by atoms with van der Waals surface area (Å²) in [4.78, 5) is 107. The van der Waals surface area contributed by atoms with E-state index in [0.29, 0.717) is 0 Å². The molecule has 66 heavy (non-hydrogen) atoms. The van der Waals surface area contributed by atoms with Gasteiger partial charge in [-0.25, -0.2) is 19.2 Å². The average molecular weight is 961 g/mol. The lowest BCUT2D eigenvalue weighted by Crippen LogP contribution is -2.58. The first-order chi connectivity index (χ1) is 30.8. The molecule has 0 bridgehead atoms. The number of carbonyl (C=O) groups excluding carboxylic acids is 8.